The highest BCUT2D eigenvalue weighted by Gasteiger charge is 2.40. The van der Waals surface area contributed by atoms with Crippen molar-refractivity contribution in [3.05, 3.63) is 71.5 Å². The maximum Gasteiger partial charge on any atom is 0.259 e. The molecule has 1 N–H and O–H groups in total. The number of carbonyl (C=O) groups excluding carboxylic acids is 1. The van der Waals surface area contributed by atoms with Gasteiger partial charge in [0.1, 0.15) is 11.9 Å². The predicted octanol–water partition coefficient (Wildman–Crippen LogP) is 3.02. The number of hydrogen-bond donors (Lipinski definition) is 1. The van der Waals surface area contributed by atoms with Crippen LogP contribution in [-0.2, 0) is 15.1 Å². The van der Waals surface area contributed by atoms with Crippen LogP contribution in [0, 0.1) is 5.82 Å². The molecular formula is C20H22FNO3. The van der Waals surface area contributed by atoms with Crippen LogP contribution < -0.4 is 0 Å². The summed E-state index contributed by atoms with van der Waals surface area (Å²) >= 11 is 0. The molecule has 4 nitrogen and oxygen atoms in total. The molecule has 0 unspecified atom stereocenters. The van der Waals surface area contributed by atoms with Gasteiger partial charge in [-0.05, 0) is 37.1 Å². The van der Waals surface area contributed by atoms with E-state index in [1.54, 1.807) is 11.0 Å². The Bertz CT molecular complexity index is 748. The van der Waals surface area contributed by atoms with E-state index in [-0.39, 0.29) is 17.8 Å². The summed E-state index contributed by atoms with van der Waals surface area (Å²) in [5, 5.41) is 10.8. The Labute approximate surface area is 146 Å². The lowest BCUT2D eigenvalue weighted by Gasteiger charge is -2.40. The molecule has 2 aromatic rings. The van der Waals surface area contributed by atoms with Gasteiger partial charge in [-0.2, -0.15) is 0 Å². The van der Waals surface area contributed by atoms with Crippen molar-refractivity contribution in [3.63, 3.8) is 0 Å². The fourth-order valence-electron chi connectivity index (χ4n) is 3.19. The molecule has 5 heteroatoms. The third kappa shape index (κ3) is 3.72. The second-order valence-electron chi connectivity index (χ2n) is 6.64. The Morgan fingerprint density at radius 2 is 1.92 bits per heavy atom. The fourth-order valence-corrected chi connectivity index (χ4v) is 3.19. The second kappa shape index (κ2) is 6.94. The second-order valence-corrected chi connectivity index (χ2v) is 6.64. The number of benzene rings is 2. The highest BCUT2D eigenvalue weighted by Crippen LogP contribution is 2.30. The molecule has 25 heavy (non-hydrogen) atoms. The van der Waals surface area contributed by atoms with Gasteiger partial charge < -0.3 is 14.7 Å². The van der Waals surface area contributed by atoms with Crippen molar-refractivity contribution < 1.29 is 19.0 Å². The standard InChI is InChI=1S/C20H22FNO3/c1-14-12-22(13-18(25-14)15-7-4-3-5-8-15)19(23)20(2,24)16-9-6-10-17(21)11-16/h3-11,14,18,24H,12-13H2,1-2H3/t14-,18+,20+/m1/s1. The topological polar surface area (TPSA) is 49.8 Å². The molecule has 3 atom stereocenters. The molecule has 3 rings (SSSR count). The molecular weight excluding hydrogens is 321 g/mol. The van der Waals surface area contributed by atoms with Gasteiger partial charge in [-0.15, -0.1) is 0 Å². The summed E-state index contributed by atoms with van der Waals surface area (Å²) in [6, 6.07) is 15.2. The summed E-state index contributed by atoms with van der Waals surface area (Å²) in [6.45, 7) is 4.03. The SMILES string of the molecule is C[C@@H]1CN(C(=O)[C@@](C)(O)c2cccc(F)c2)C[C@@H](c2ccccc2)O1. The zero-order chi connectivity index (χ0) is 18.0. The molecule has 0 saturated carbocycles. The van der Waals surface area contributed by atoms with Gasteiger partial charge in [-0.25, -0.2) is 4.39 Å². The lowest BCUT2D eigenvalue weighted by Crippen LogP contribution is -2.52. The maximum absolute atomic E-state index is 13.5. The first kappa shape index (κ1) is 17.6. The van der Waals surface area contributed by atoms with Crippen LogP contribution in [0.4, 0.5) is 4.39 Å². The minimum absolute atomic E-state index is 0.161. The normalized spacial score (nSPS) is 23.1. The van der Waals surface area contributed by atoms with Gasteiger partial charge in [-0.1, -0.05) is 42.5 Å². The number of rotatable bonds is 3. The Hall–Kier alpha value is -2.24. The Balaban J connectivity index is 1.83. The van der Waals surface area contributed by atoms with E-state index in [4.69, 9.17) is 4.74 Å². The van der Waals surface area contributed by atoms with Crippen LogP contribution in [0.3, 0.4) is 0 Å². The molecule has 1 fully saturated rings. The van der Waals surface area contributed by atoms with E-state index in [9.17, 15) is 14.3 Å². The molecule has 0 radical (unpaired) electrons. The highest BCUT2D eigenvalue weighted by atomic mass is 19.1. The zero-order valence-electron chi connectivity index (χ0n) is 14.4. The zero-order valence-corrected chi connectivity index (χ0v) is 14.4. The average molecular weight is 343 g/mol. The van der Waals surface area contributed by atoms with Crippen LogP contribution >= 0.6 is 0 Å². The summed E-state index contributed by atoms with van der Waals surface area (Å²) in [5.41, 5.74) is -0.564. The van der Waals surface area contributed by atoms with Gasteiger partial charge in [0.05, 0.1) is 12.6 Å². The molecule has 1 amide bonds. The number of halogens is 1. The van der Waals surface area contributed by atoms with E-state index < -0.39 is 17.3 Å². The lowest BCUT2D eigenvalue weighted by molar-refractivity contribution is -0.163. The molecule has 1 aliphatic heterocycles. The number of ether oxygens (including phenoxy) is 1. The molecule has 1 heterocycles. The van der Waals surface area contributed by atoms with Crippen molar-refractivity contribution in [3.8, 4) is 0 Å². The van der Waals surface area contributed by atoms with Crippen LogP contribution in [0.5, 0.6) is 0 Å². The maximum atomic E-state index is 13.5. The van der Waals surface area contributed by atoms with Gasteiger partial charge in [0, 0.05) is 6.54 Å². The fraction of sp³-hybridized carbons (Fsp3) is 0.350. The predicted molar refractivity (Wildman–Crippen MR) is 92.3 cm³/mol. The van der Waals surface area contributed by atoms with E-state index >= 15 is 0 Å². The smallest absolute Gasteiger partial charge is 0.259 e. The summed E-state index contributed by atoms with van der Waals surface area (Å²) < 4.78 is 19.4. The third-order valence-corrected chi connectivity index (χ3v) is 4.52. The van der Waals surface area contributed by atoms with Crippen LogP contribution in [0.25, 0.3) is 0 Å². The first-order valence-corrected chi connectivity index (χ1v) is 8.36. The average Bonchev–Trinajstić information content (AvgIpc) is 2.61. The number of hydrogen-bond acceptors (Lipinski definition) is 3. The lowest BCUT2D eigenvalue weighted by atomic mass is 9.93. The van der Waals surface area contributed by atoms with Gasteiger partial charge >= 0.3 is 0 Å². The molecule has 0 aromatic heterocycles. The van der Waals surface area contributed by atoms with Crippen LogP contribution in [0.1, 0.15) is 31.1 Å². The first-order valence-electron chi connectivity index (χ1n) is 8.36. The Kier molecular flexibility index (Phi) is 4.88. The van der Waals surface area contributed by atoms with Gasteiger partial charge in [0.2, 0.25) is 0 Å². The molecule has 1 aliphatic rings. The van der Waals surface area contributed by atoms with Crippen molar-refractivity contribution in [2.75, 3.05) is 13.1 Å². The van der Waals surface area contributed by atoms with Gasteiger partial charge in [0.15, 0.2) is 5.60 Å². The number of amides is 1. The van der Waals surface area contributed by atoms with Crippen LogP contribution in [0.15, 0.2) is 54.6 Å². The van der Waals surface area contributed by atoms with Crippen LogP contribution in [-0.4, -0.2) is 35.1 Å². The molecule has 132 valence electrons. The van der Waals surface area contributed by atoms with Gasteiger partial charge in [-0.3, -0.25) is 4.79 Å². The molecule has 0 spiro atoms. The number of nitrogens with zero attached hydrogens (tertiary/aromatic N) is 1. The monoisotopic (exact) mass is 343 g/mol. The van der Waals surface area contributed by atoms with Crippen molar-refractivity contribution in [1.29, 1.82) is 0 Å². The minimum Gasteiger partial charge on any atom is -0.376 e. The third-order valence-electron chi connectivity index (χ3n) is 4.52. The van der Waals surface area contributed by atoms with Crippen LogP contribution in [0.2, 0.25) is 0 Å². The molecule has 0 aliphatic carbocycles. The summed E-state index contributed by atoms with van der Waals surface area (Å²) in [4.78, 5) is 14.5. The molecule has 0 bridgehead atoms. The van der Waals surface area contributed by atoms with Crippen molar-refractivity contribution >= 4 is 5.91 Å². The number of morpholine rings is 1. The summed E-state index contributed by atoms with van der Waals surface area (Å²) in [5.74, 6) is -0.933. The van der Waals surface area contributed by atoms with Crippen molar-refractivity contribution in [1.82, 2.24) is 4.90 Å². The van der Waals surface area contributed by atoms with Crippen molar-refractivity contribution in [2.45, 2.75) is 31.7 Å². The summed E-state index contributed by atoms with van der Waals surface area (Å²) in [6.07, 6.45) is -0.413. The highest BCUT2D eigenvalue weighted by molar-refractivity contribution is 5.86. The largest absolute Gasteiger partial charge is 0.376 e. The number of carbonyl (C=O) groups is 1. The molecule has 1 saturated heterocycles. The summed E-state index contributed by atoms with van der Waals surface area (Å²) in [7, 11) is 0. The van der Waals surface area contributed by atoms with E-state index in [1.165, 1.54) is 25.1 Å². The Morgan fingerprint density at radius 3 is 2.60 bits per heavy atom. The van der Waals surface area contributed by atoms with E-state index in [0.29, 0.717) is 13.1 Å². The van der Waals surface area contributed by atoms with Crippen molar-refractivity contribution in [2.24, 2.45) is 0 Å². The molecule has 2 aromatic carbocycles. The Morgan fingerprint density at radius 1 is 1.20 bits per heavy atom. The van der Waals surface area contributed by atoms with E-state index in [2.05, 4.69) is 0 Å². The number of aliphatic hydroxyl groups is 1. The van der Waals surface area contributed by atoms with E-state index in [0.717, 1.165) is 5.56 Å². The minimum atomic E-state index is -1.79. The van der Waals surface area contributed by atoms with Gasteiger partial charge in [0.25, 0.3) is 5.91 Å². The first-order chi connectivity index (χ1) is 11.9. The van der Waals surface area contributed by atoms with E-state index in [1.807, 2.05) is 37.3 Å². The quantitative estimate of drug-likeness (QED) is 0.932.